The molecule has 140 valence electrons. The van der Waals surface area contributed by atoms with Crippen LogP contribution >= 0.6 is 0 Å². The zero-order chi connectivity index (χ0) is 18.9. The summed E-state index contributed by atoms with van der Waals surface area (Å²) in [5, 5.41) is 7.16. The van der Waals surface area contributed by atoms with Gasteiger partial charge in [0.1, 0.15) is 17.2 Å². The first-order valence-corrected chi connectivity index (χ1v) is 9.52. The Kier molecular flexibility index (Phi) is 4.12. The van der Waals surface area contributed by atoms with Crippen LogP contribution in [0.15, 0.2) is 54.7 Å². The summed E-state index contributed by atoms with van der Waals surface area (Å²) in [5.74, 6) is 0.790. The molecule has 1 amide bonds. The summed E-state index contributed by atoms with van der Waals surface area (Å²) in [6.45, 7) is 0.707. The highest BCUT2D eigenvalue weighted by atomic mass is 16.2. The van der Waals surface area contributed by atoms with Crippen LogP contribution in [0.25, 0.3) is 22.4 Å². The number of aromatic nitrogens is 5. The number of hydrogen-bond donors (Lipinski definition) is 2. The van der Waals surface area contributed by atoms with Crippen molar-refractivity contribution in [1.82, 2.24) is 30.0 Å². The number of pyridine rings is 1. The summed E-state index contributed by atoms with van der Waals surface area (Å²) in [5.41, 5.74) is 3.80. The Balaban J connectivity index is 1.45. The Morgan fingerprint density at radius 1 is 1.07 bits per heavy atom. The minimum absolute atomic E-state index is 0.0557. The third-order valence-electron chi connectivity index (χ3n) is 5.22. The lowest BCUT2D eigenvalue weighted by Crippen LogP contribution is -2.39. The maximum atomic E-state index is 13.2. The molecule has 4 heterocycles. The van der Waals surface area contributed by atoms with Gasteiger partial charge in [0.05, 0.1) is 22.8 Å². The molecule has 7 nitrogen and oxygen atoms in total. The predicted octanol–water partition coefficient (Wildman–Crippen LogP) is 3.72. The molecule has 5 rings (SSSR count). The fourth-order valence-electron chi connectivity index (χ4n) is 3.82. The van der Waals surface area contributed by atoms with Gasteiger partial charge >= 0.3 is 0 Å². The minimum Gasteiger partial charge on any atom is -0.340 e. The van der Waals surface area contributed by atoms with Crippen LogP contribution in [0.1, 0.15) is 41.6 Å². The molecule has 1 fully saturated rings. The molecule has 3 aromatic heterocycles. The summed E-state index contributed by atoms with van der Waals surface area (Å²) >= 11 is 0. The van der Waals surface area contributed by atoms with Gasteiger partial charge in [0, 0.05) is 12.7 Å². The van der Waals surface area contributed by atoms with Crippen molar-refractivity contribution in [3.8, 4) is 11.4 Å². The number of benzene rings is 1. The molecule has 1 saturated heterocycles. The van der Waals surface area contributed by atoms with Gasteiger partial charge in [0.15, 0.2) is 0 Å². The van der Waals surface area contributed by atoms with Crippen LogP contribution in [0.3, 0.4) is 0 Å². The van der Waals surface area contributed by atoms with Gasteiger partial charge in [-0.05, 0) is 49.6 Å². The number of likely N-dealkylation sites (tertiary alicyclic amines) is 1. The van der Waals surface area contributed by atoms with E-state index in [4.69, 9.17) is 4.98 Å². The number of para-hydroxylation sites is 2. The van der Waals surface area contributed by atoms with Crippen molar-refractivity contribution < 1.29 is 4.79 Å². The number of hydrogen-bond acceptors (Lipinski definition) is 4. The molecule has 0 spiro atoms. The van der Waals surface area contributed by atoms with E-state index in [1.54, 1.807) is 12.3 Å². The van der Waals surface area contributed by atoms with E-state index >= 15 is 0 Å². The van der Waals surface area contributed by atoms with E-state index in [1.807, 2.05) is 47.4 Å². The molecule has 28 heavy (non-hydrogen) atoms. The lowest BCUT2D eigenvalue weighted by atomic mass is 10.0. The summed E-state index contributed by atoms with van der Waals surface area (Å²) < 4.78 is 0. The van der Waals surface area contributed by atoms with Crippen LogP contribution < -0.4 is 0 Å². The highest BCUT2D eigenvalue weighted by molar-refractivity contribution is 5.93. The fourth-order valence-corrected chi connectivity index (χ4v) is 3.82. The van der Waals surface area contributed by atoms with Gasteiger partial charge in [-0.3, -0.25) is 14.9 Å². The van der Waals surface area contributed by atoms with Gasteiger partial charge in [-0.25, -0.2) is 4.98 Å². The van der Waals surface area contributed by atoms with Crippen molar-refractivity contribution in [2.45, 2.75) is 25.3 Å². The highest BCUT2D eigenvalue weighted by Gasteiger charge is 2.31. The molecular weight excluding hydrogens is 352 g/mol. The quantitative estimate of drug-likeness (QED) is 0.573. The van der Waals surface area contributed by atoms with Crippen molar-refractivity contribution in [1.29, 1.82) is 0 Å². The summed E-state index contributed by atoms with van der Waals surface area (Å²) in [4.78, 5) is 27.6. The second-order valence-electron chi connectivity index (χ2n) is 7.03. The van der Waals surface area contributed by atoms with Crippen molar-refractivity contribution >= 4 is 16.9 Å². The van der Waals surface area contributed by atoms with E-state index < -0.39 is 0 Å². The number of rotatable bonds is 3. The molecule has 7 heteroatoms. The van der Waals surface area contributed by atoms with E-state index in [0.717, 1.165) is 41.8 Å². The van der Waals surface area contributed by atoms with E-state index in [2.05, 4.69) is 20.2 Å². The Morgan fingerprint density at radius 2 is 1.96 bits per heavy atom. The normalized spacial score (nSPS) is 17.1. The number of nitrogens with zero attached hydrogens (tertiary/aromatic N) is 4. The first kappa shape index (κ1) is 16.7. The van der Waals surface area contributed by atoms with Crippen LogP contribution in [0, 0.1) is 0 Å². The number of aromatic amines is 2. The van der Waals surface area contributed by atoms with Gasteiger partial charge in [0.25, 0.3) is 5.91 Å². The first-order chi connectivity index (χ1) is 13.8. The average Bonchev–Trinajstić information content (AvgIpc) is 3.41. The standard InChI is InChI=1S/C21H20N6O/c28-21(18-13-17(25-26-18)14-7-3-5-11-22-14)27-12-6-4-10-19(27)20-23-15-8-1-2-9-16(15)24-20/h1-3,5,7-9,11,13,19H,4,6,10,12H2,(H,23,24)(H,25,26). The van der Waals surface area contributed by atoms with Crippen LogP contribution in [-0.4, -0.2) is 42.5 Å². The number of piperidine rings is 1. The zero-order valence-electron chi connectivity index (χ0n) is 15.3. The lowest BCUT2D eigenvalue weighted by molar-refractivity contribution is 0.0595. The Morgan fingerprint density at radius 3 is 2.82 bits per heavy atom. The van der Waals surface area contributed by atoms with Crippen molar-refractivity contribution in [2.75, 3.05) is 6.54 Å². The average molecular weight is 372 g/mol. The topological polar surface area (TPSA) is 90.6 Å². The van der Waals surface area contributed by atoms with Crippen LogP contribution in [-0.2, 0) is 0 Å². The molecule has 0 radical (unpaired) electrons. The molecule has 1 unspecified atom stereocenters. The molecule has 0 aliphatic carbocycles. The number of fused-ring (bicyclic) bond motifs is 1. The molecule has 1 aliphatic rings. The number of nitrogens with one attached hydrogen (secondary N) is 2. The smallest absolute Gasteiger partial charge is 0.272 e. The highest BCUT2D eigenvalue weighted by Crippen LogP contribution is 2.31. The summed E-state index contributed by atoms with van der Waals surface area (Å²) in [6, 6.07) is 15.3. The van der Waals surface area contributed by atoms with Crippen molar-refractivity contribution in [3.05, 3.63) is 66.2 Å². The van der Waals surface area contributed by atoms with E-state index in [9.17, 15) is 4.79 Å². The van der Waals surface area contributed by atoms with Crippen LogP contribution in [0.2, 0.25) is 0 Å². The van der Waals surface area contributed by atoms with Gasteiger partial charge < -0.3 is 9.88 Å². The number of imidazole rings is 1. The number of carbonyl (C=O) groups excluding carboxylic acids is 1. The first-order valence-electron chi connectivity index (χ1n) is 9.52. The number of H-pyrrole nitrogens is 2. The molecule has 4 aromatic rings. The monoisotopic (exact) mass is 372 g/mol. The zero-order valence-corrected chi connectivity index (χ0v) is 15.3. The minimum atomic E-state index is -0.0600. The molecular formula is C21H20N6O. The Hall–Kier alpha value is -3.48. The summed E-state index contributed by atoms with van der Waals surface area (Å²) in [6.07, 6.45) is 4.68. The number of carbonyl (C=O) groups is 1. The third-order valence-corrected chi connectivity index (χ3v) is 5.22. The number of amides is 1. The summed E-state index contributed by atoms with van der Waals surface area (Å²) in [7, 11) is 0. The Bertz CT molecular complexity index is 1080. The fraction of sp³-hybridized carbons (Fsp3) is 0.238. The Labute approximate surface area is 161 Å². The molecule has 1 atom stereocenters. The largest absolute Gasteiger partial charge is 0.340 e. The van der Waals surface area contributed by atoms with Crippen LogP contribution in [0.5, 0.6) is 0 Å². The van der Waals surface area contributed by atoms with Gasteiger partial charge in [0.2, 0.25) is 0 Å². The molecule has 1 aromatic carbocycles. The molecule has 2 N–H and O–H groups in total. The van der Waals surface area contributed by atoms with E-state index in [-0.39, 0.29) is 11.9 Å². The second-order valence-corrected chi connectivity index (χ2v) is 7.03. The maximum absolute atomic E-state index is 13.2. The van der Waals surface area contributed by atoms with Gasteiger partial charge in [-0.2, -0.15) is 5.10 Å². The molecule has 0 saturated carbocycles. The van der Waals surface area contributed by atoms with E-state index in [0.29, 0.717) is 17.9 Å². The van der Waals surface area contributed by atoms with Crippen LogP contribution in [0.4, 0.5) is 0 Å². The SMILES string of the molecule is O=C(c1cc(-c2ccccn2)n[nH]1)N1CCCCC1c1nc2ccccc2[nH]1. The van der Waals surface area contributed by atoms with Gasteiger partial charge in [-0.15, -0.1) is 0 Å². The maximum Gasteiger partial charge on any atom is 0.272 e. The second kappa shape index (κ2) is 6.92. The van der Waals surface area contributed by atoms with Crippen molar-refractivity contribution in [3.63, 3.8) is 0 Å². The van der Waals surface area contributed by atoms with Crippen molar-refractivity contribution in [2.24, 2.45) is 0 Å². The van der Waals surface area contributed by atoms with E-state index in [1.165, 1.54) is 0 Å². The molecule has 1 aliphatic heterocycles. The van der Waals surface area contributed by atoms with Gasteiger partial charge in [-0.1, -0.05) is 18.2 Å². The predicted molar refractivity (Wildman–Crippen MR) is 106 cm³/mol. The third kappa shape index (κ3) is 2.94. The lowest BCUT2D eigenvalue weighted by Gasteiger charge is -2.34. The molecule has 0 bridgehead atoms.